The minimum absolute atomic E-state index is 0.0462. The number of benzene rings is 2. The molecule has 2 aromatic carbocycles. The molecule has 170 valence electrons. The van der Waals surface area contributed by atoms with Gasteiger partial charge in [-0.1, -0.05) is 37.6 Å². The number of hydrogen-bond donors (Lipinski definition) is 0. The van der Waals surface area contributed by atoms with Crippen LogP contribution in [-0.4, -0.2) is 21.5 Å². The Morgan fingerprint density at radius 1 is 1.03 bits per heavy atom. The van der Waals surface area contributed by atoms with Gasteiger partial charge >= 0.3 is 0 Å². The first-order chi connectivity index (χ1) is 15.5. The van der Waals surface area contributed by atoms with E-state index in [4.69, 9.17) is 11.6 Å². The monoisotopic (exact) mass is 469 g/mol. The Bertz CT molecular complexity index is 1250. The van der Waals surface area contributed by atoms with Crippen LogP contribution >= 0.6 is 11.6 Å². The molecule has 9 nitrogen and oxygen atoms in total. The molecule has 1 aliphatic carbocycles. The van der Waals surface area contributed by atoms with Crippen LogP contribution in [0, 0.1) is 25.6 Å². The van der Waals surface area contributed by atoms with Crippen LogP contribution in [-0.2, 0) is 9.59 Å². The van der Waals surface area contributed by atoms with Crippen LogP contribution in [0.3, 0.4) is 0 Å². The molecule has 1 unspecified atom stereocenters. The second kappa shape index (κ2) is 8.08. The summed E-state index contributed by atoms with van der Waals surface area (Å²) in [4.78, 5) is 49.9. The summed E-state index contributed by atoms with van der Waals surface area (Å²) in [6.45, 7) is 3.79. The molecule has 0 radical (unpaired) electrons. The number of hydrogen-bond acceptors (Lipinski definition) is 6. The van der Waals surface area contributed by atoms with Crippen LogP contribution in [0.5, 0.6) is 0 Å². The van der Waals surface area contributed by atoms with E-state index in [1.165, 1.54) is 41.3 Å². The van der Waals surface area contributed by atoms with Crippen LogP contribution in [0.15, 0.2) is 53.7 Å². The lowest BCUT2D eigenvalue weighted by molar-refractivity contribution is -0.384. The summed E-state index contributed by atoms with van der Waals surface area (Å²) in [6, 6.07) is 9.93. The number of nitrogens with zero attached hydrogens (tertiary/aromatic N) is 3. The van der Waals surface area contributed by atoms with Crippen LogP contribution in [0.4, 0.5) is 17.1 Å². The number of rotatable bonds is 4. The lowest BCUT2D eigenvalue weighted by atomic mass is 9.69. The predicted molar refractivity (Wildman–Crippen MR) is 121 cm³/mol. The molecule has 2 aromatic rings. The Balaban J connectivity index is 1.95. The second-order valence-electron chi connectivity index (χ2n) is 9.03. The number of anilines is 1. The highest BCUT2D eigenvalue weighted by Crippen LogP contribution is 2.49. The molecule has 0 saturated carbocycles. The molecule has 1 amide bonds. The van der Waals surface area contributed by atoms with Gasteiger partial charge in [-0.2, -0.15) is 0 Å². The molecule has 0 aromatic heterocycles. The van der Waals surface area contributed by atoms with Gasteiger partial charge in [-0.05, 0) is 29.5 Å². The first-order valence-corrected chi connectivity index (χ1v) is 10.6. The van der Waals surface area contributed by atoms with E-state index in [1.54, 1.807) is 6.07 Å². The summed E-state index contributed by atoms with van der Waals surface area (Å²) in [7, 11) is 0. The number of allylic oxidation sites excluding steroid dienone is 2. The predicted octanol–water partition coefficient (Wildman–Crippen LogP) is 5.32. The van der Waals surface area contributed by atoms with Crippen molar-refractivity contribution in [2.75, 3.05) is 4.90 Å². The molecule has 2 aliphatic rings. The van der Waals surface area contributed by atoms with Crippen molar-refractivity contribution < 1.29 is 19.4 Å². The smallest absolute Gasteiger partial charge is 0.294 e. The van der Waals surface area contributed by atoms with E-state index in [0.29, 0.717) is 23.3 Å². The molecule has 4 rings (SSSR count). The summed E-state index contributed by atoms with van der Waals surface area (Å²) >= 11 is 5.96. The first-order valence-electron chi connectivity index (χ1n) is 10.3. The third-order valence-electron chi connectivity index (χ3n) is 6.00. The number of nitro groups is 2. The fourth-order valence-electron chi connectivity index (χ4n) is 4.67. The zero-order valence-corrected chi connectivity index (χ0v) is 18.7. The van der Waals surface area contributed by atoms with Crippen molar-refractivity contribution in [3.05, 3.63) is 84.5 Å². The maximum absolute atomic E-state index is 13.4. The van der Waals surface area contributed by atoms with Gasteiger partial charge in [-0.3, -0.25) is 34.7 Å². The average molecular weight is 470 g/mol. The van der Waals surface area contributed by atoms with E-state index in [-0.39, 0.29) is 40.7 Å². The Kier molecular flexibility index (Phi) is 5.53. The first kappa shape index (κ1) is 22.6. The SMILES string of the molecule is CC1(C)CC(=O)C2=C(C1)N(c1ccc(Cl)cc1[N+](=O)[O-])C(=O)CC2c1cccc([N+](=O)[O-])c1. The number of carbonyl (C=O) groups excluding carboxylic acids is 2. The fourth-order valence-corrected chi connectivity index (χ4v) is 4.83. The van der Waals surface area contributed by atoms with Crippen LogP contribution < -0.4 is 4.90 Å². The molecule has 0 fully saturated rings. The van der Waals surface area contributed by atoms with Crippen molar-refractivity contribution in [2.24, 2.45) is 5.41 Å². The third-order valence-corrected chi connectivity index (χ3v) is 6.24. The number of halogens is 1. The van der Waals surface area contributed by atoms with E-state index >= 15 is 0 Å². The molecular weight excluding hydrogens is 450 g/mol. The van der Waals surface area contributed by atoms with Gasteiger partial charge in [0.25, 0.3) is 11.4 Å². The van der Waals surface area contributed by atoms with Gasteiger partial charge in [-0.25, -0.2) is 0 Å². The summed E-state index contributed by atoms with van der Waals surface area (Å²) in [5.74, 6) is -1.27. The number of Topliss-reactive ketones (excluding diaryl/α,β-unsaturated/α-hetero) is 1. The highest BCUT2D eigenvalue weighted by molar-refractivity contribution is 6.31. The third kappa shape index (κ3) is 4.11. The van der Waals surface area contributed by atoms with Gasteiger partial charge in [-0.15, -0.1) is 0 Å². The molecule has 1 heterocycles. The molecule has 10 heteroatoms. The Labute approximate surface area is 193 Å². The van der Waals surface area contributed by atoms with Crippen molar-refractivity contribution in [3.8, 4) is 0 Å². The summed E-state index contributed by atoms with van der Waals surface area (Å²) in [5, 5.41) is 23.2. The fraction of sp³-hybridized carbons (Fsp3) is 0.304. The van der Waals surface area contributed by atoms with E-state index < -0.39 is 27.1 Å². The number of ketones is 1. The van der Waals surface area contributed by atoms with Crippen molar-refractivity contribution in [3.63, 3.8) is 0 Å². The molecule has 0 saturated heterocycles. The number of non-ortho nitro benzene ring substituents is 1. The number of carbonyl (C=O) groups is 2. The largest absolute Gasteiger partial charge is 0.294 e. The minimum Gasteiger partial charge on any atom is -0.294 e. The van der Waals surface area contributed by atoms with E-state index in [1.807, 2.05) is 13.8 Å². The molecule has 1 aliphatic heterocycles. The van der Waals surface area contributed by atoms with E-state index in [9.17, 15) is 29.8 Å². The van der Waals surface area contributed by atoms with Gasteiger partial charge in [0.2, 0.25) is 5.91 Å². The lowest BCUT2D eigenvalue weighted by Gasteiger charge is -2.42. The van der Waals surface area contributed by atoms with Crippen LogP contribution in [0.25, 0.3) is 0 Å². The van der Waals surface area contributed by atoms with E-state index in [0.717, 1.165) is 0 Å². The van der Waals surface area contributed by atoms with Crippen molar-refractivity contribution >= 4 is 40.4 Å². The lowest BCUT2D eigenvalue weighted by Crippen LogP contribution is -2.44. The molecule has 33 heavy (non-hydrogen) atoms. The maximum atomic E-state index is 13.4. The molecule has 1 atom stereocenters. The molecule has 0 spiro atoms. The van der Waals surface area contributed by atoms with Crippen molar-refractivity contribution in [2.45, 2.75) is 39.0 Å². The highest BCUT2D eigenvalue weighted by atomic mass is 35.5. The standard InChI is InChI=1S/C23H20ClN3O6/c1-23(2)11-19-22(20(28)12-23)16(13-4-3-5-15(8-13)26(30)31)10-21(29)25(19)17-7-6-14(24)9-18(17)27(32)33/h3-9,16H,10-12H2,1-2H3. The summed E-state index contributed by atoms with van der Waals surface area (Å²) in [5.41, 5.74) is 0.357. The second-order valence-corrected chi connectivity index (χ2v) is 9.47. The van der Waals surface area contributed by atoms with Gasteiger partial charge < -0.3 is 0 Å². The highest BCUT2D eigenvalue weighted by Gasteiger charge is 2.45. The van der Waals surface area contributed by atoms with Gasteiger partial charge in [0.1, 0.15) is 5.69 Å². The van der Waals surface area contributed by atoms with Gasteiger partial charge in [0.15, 0.2) is 5.78 Å². The Morgan fingerprint density at radius 2 is 1.76 bits per heavy atom. The minimum atomic E-state index is -0.668. The van der Waals surface area contributed by atoms with E-state index in [2.05, 4.69) is 0 Å². The Morgan fingerprint density at radius 3 is 2.42 bits per heavy atom. The zero-order chi connectivity index (χ0) is 24.1. The quantitative estimate of drug-likeness (QED) is 0.441. The van der Waals surface area contributed by atoms with Gasteiger partial charge in [0.05, 0.1) is 9.85 Å². The number of nitro benzene ring substituents is 2. The van der Waals surface area contributed by atoms with Crippen LogP contribution in [0.1, 0.15) is 44.6 Å². The summed E-state index contributed by atoms with van der Waals surface area (Å²) in [6.07, 6.45) is 0.430. The van der Waals surface area contributed by atoms with Crippen molar-refractivity contribution in [1.29, 1.82) is 0 Å². The topological polar surface area (TPSA) is 124 Å². The maximum Gasteiger partial charge on any atom is 0.294 e. The van der Waals surface area contributed by atoms with Crippen molar-refractivity contribution in [1.82, 2.24) is 0 Å². The molecule has 0 bridgehead atoms. The zero-order valence-electron chi connectivity index (χ0n) is 17.9. The van der Waals surface area contributed by atoms with Crippen LogP contribution in [0.2, 0.25) is 5.02 Å². The summed E-state index contributed by atoms with van der Waals surface area (Å²) < 4.78 is 0. The van der Waals surface area contributed by atoms with Gasteiger partial charge in [0, 0.05) is 53.3 Å². The number of amides is 1. The molecular formula is C23H20ClN3O6. The normalized spacial score (nSPS) is 20.0. The Hall–Kier alpha value is -3.59. The average Bonchev–Trinajstić information content (AvgIpc) is 2.72. The molecule has 0 N–H and O–H groups in total.